The van der Waals surface area contributed by atoms with Gasteiger partial charge in [0.05, 0.1) is 6.54 Å². The van der Waals surface area contributed by atoms with E-state index >= 15 is 0 Å². The molecule has 0 spiro atoms. The molecule has 1 unspecified atom stereocenters. The average Bonchev–Trinajstić information content (AvgIpc) is 2.33. The van der Waals surface area contributed by atoms with E-state index in [9.17, 15) is 14.9 Å². The van der Waals surface area contributed by atoms with Crippen molar-refractivity contribution in [2.24, 2.45) is 5.92 Å². The second kappa shape index (κ2) is 4.63. The monoisotopic (exact) mass is 240 g/mol. The maximum Gasteiger partial charge on any atom is 0.242 e. The maximum absolute atomic E-state index is 11.5. The largest absolute Gasteiger partial charge is 0.339 e. The molecule has 1 heterocycles. The Kier molecular flexibility index (Phi) is 3.35. The lowest BCUT2D eigenvalue weighted by Gasteiger charge is -2.40. The minimum atomic E-state index is -0.872. The number of hydrogen-bond acceptors (Lipinski definition) is 3. The molecule has 1 saturated carbocycles. The summed E-state index contributed by atoms with van der Waals surface area (Å²) in [5, 5.41) is 11.5. The lowest BCUT2D eigenvalue weighted by atomic mass is 9.71. The van der Waals surface area contributed by atoms with Crippen LogP contribution in [0.4, 0.5) is 0 Å². The second-order valence-electron chi connectivity index (χ2n) is 5.45. The fourth-order valence-corrected chi connectivity index (χ4v) is 3.36. The van der Waals surface area contributed by atoms with Crippen molar-refractivity contribution in [3.63, 3.8) is 0 Å². The third-order valence-corrected chi connectivity index (χ3v) is 4.44. The Hall–Kier alpha value is -1.13. The van der Waals surface area contributed by atoms with Gasteiger partial charge in [-0.2, -0.15) is 0 Å². The van der Waals surface area contributed by atoms with Crippen molar-refractivity contribution in [2.75, 3.05) is 13.6 Å². The predicted octanol–water partition coefficient (Wildman–Crippen LogP) is 1.83. The van der Waals surface area contributed by atoms with E-state index in [1.54, 1.807) is 11.9 Å². The fraction of sp³-hybridized carbons (Fsp3) is 0.917. The summed E-state index contributed by atoms with van der Waals surface area (Å²) in [5.41, 5.74) is -0.872. The van der Waals surface area contributed by atoms with Crippen LogP contribution in [-0.4, -0.2) is 34.9 Å². The molecule has 17 heavy (non-hydrogen) atoms. The average molecular weight is 240 g/mol. The third kappa shape index (κ3) is 2.15. The van der Waals surface area contributed by atoms with Crippen molar-refractivity contribution < 1.29 is 9.72 Å². The highest BCUT2D eigenvalue weighted by atomic mass is 16.6. The van der Waals surface area contributed by atoms with Gasteiger partial charge < -0.3 is 4.90 Å². The van der Waals surface area contributed by atoms with Gasteiger partial charge in [-0.25, -0.2) is 0 Å². The number of nitro groups is 1. The molecule has 1 aliphatic carbocycles. The molecule has 1 atom stereocenters. The molecule has 0 aromatic rings. The Morgan fingerprint density at radius 3 is 2.53 bits per heavy atom. The summed E-state index contributed by atoms with van der Waals surface area (Å²) in [5.74, 6) is 0.195. The van der Waals surface area contributed by atoms with Crippen LogP contribution in [0.1, 0.15) is 44.9 Å². The molecule has 1 amide bonds. The first kappa shape index (κ1) is 12.3. The van der Waals surface area contributed by atoms with Crippen molar-refractivity contribution in [2.45, 2.75) is 50.5 Å². The lowest BCUT2D eigenvalue weighted by Crippen LogP contribution is -2.58. The second-order valence-corrected chi connectivity index (χ2v) is 5.45. The summed E-state index contributed by atoms with van der Waals surface area (Å²) in [6.45, 7) is 0.295. The molecule has 1 saturated heterocycles. The van der Waals surface area contributed by atoms with E-state index in [1.165, 1.54) is 6.42 Å². The molecule has 96 valence electrons. The van der Waals surface area contributed by atoms with Crippen LogP contribution in [-0.2, 0) is 4.79 Å². The number of carbonyl (C=O) groups is 1. The van der Waals surface area contributed by atoms with Gasteiger partial charge >= 0.3 is 0 Å². The Bertz CT molecular complexity index is 326. The number of amides is 1. The third-order valence-electron chi connectivity index (χ3n) is 4.44. The Morgan fingerprint density at radius 2 is 2.00 bits per heavy atom. The fourth-order valence-electron chi connectivity index (χ4n) is 3.36. The molecule has 5 heteroatoms. The molecule has 2 rings (SSSR count). The number of piperidine rings is 1. The highest BCUT2D eigenvalue weighted by Crippen LogP contribution is 2.40. The lowest BCUT2D eigenvalue weighted by molar-refractivity contribution is -0.585. The van der Waals surface area contributed by atoms with Gasteiger partial charge in [-0.15, -0.1) is 0 Å². The van der Waals surface area contributed by atoms with Crippen LogP contribution in [0.15, 0.2) is 0 Å². The van der Waals surface area contributed by atoms with E-state index in [2.05, 4.69) is 0 Å². The van der Waals surface area contributed by atoms with Crippen molar-refractivity contribution in [1.29, 1.82) is 0 Å². The quantitative estimate of drug-likeness (QED) is 0.546. The Labute approximate surface area is 101 Å². The number of carbonyl (C=O) groups excluding carboxylic acids is 1. The Balaban J connectivity index is 2.20. The van der Waals surface area contributed by atoms with Gasteiger partial charge in [0.25, 0.3) is 0 Å². The molecule has 5 nitrogen and oxygen atoms in total. The molecule has 0 aromatic heterocycles. The minimum Gasteiger partial charge on any atom is -0.339 e. The highest BCUT2D eigenvalue weighted by Gasteiger charge is 2.53. The smallest absolute Gasteiger partial charge is 0.242 e. The van der Waals surface area contributed by atoms with Crippen LogP contribution >= 0.6 is 0 Å². The molecular weight excluding hydrogens is 220 g/mol. The van der Waals surface area contributed by atoms with Gasteiger partial charge in [0.15, 0.2) is 0 Å². The minimum absolute atomic E-state index is 0.0401. The summed E-state index contributed by atoms with van der Waals surface area (Å²) >= 11 is 0. The van der Waals surface area contributed by atoms with E-state index in [-0.39, 0.29) is 16.7 Å². The Morgan fingerprint density at radius 1 is 1.35 bits per heavy atom. The number of nitrogens with zero attached hydrogens (tertiary/aromatic N) is 2. The van der Waals surface area contributed by atoms with Crippen LogP contribution in [0, 0.1) is 16.0 Å². The summed E-state index contributed by atoms with van der Waals surface area (Å²) in [6.07, 6.45) is 6.03. The van der Waals surface area contributed by atoms with Gasteiger partial charge in [0, 0.05) is 30.7 Å². The zero-order chi connectivity index (χ0) is 12.5. The summed E-state index contributed by atoms with van der Waals surface area (Å²) in [6, 6.07) is 0. The van der Waals surface area contributed by atoms with Gasteiger partial charge in [-0.05, 0) is 12.8 Å². The molecule has 0 N–H and O–H groups in total. The molecule has 0 bridgehead atoms. The van der Waals surface area contributed by atoms with Crippen molar-refractivity contribution >= 4 is 5.91 Å². The van der Waals surface area contributed by atoms with Crippen LogP contribution in [0.25, 0.3) is 0 Å². The molecule has 0 radical (unpaired) electrons. The van der Waals surface area contributed by atoms with E-state index in [0.717, 1.165) is 25.7 Å². The SMILES string of the molecule is CN1CC(C2CCCCC2)([N+](=O)[O-])CCC1=O. The predicted molar refractivity (Wildman–Crippen MR) is 63.2 cm³/mol. The van der Waals surface area contributed by atoms with Crippen LogP contribution in [0.2, 0.25) is 0 Å². The van der Waals surface area contributed by atoms with E-state index < -0.39 is 5.54 Å². The van der Waals surface area contributed by atoms with Crippen molar-refractivity contribution in [3.05, 3.63) is 10.1 Å². The summed E-state index contributed by atoms with van der Waals surface area (Å²) < 4.78 is 0. The van der Waals surface area contributed by atoms with Gasteiger partial charge in [0.1, 0.15) is 0 Å². The summed E-state index contributed by atoms with van der Waals surface area (Å²) in [4.78, 5) is 24.4. The topological polar surface area (TPSA) is 63.4 Å². The van der Waals surface area contributed by atoms with Crippen molar-refractivity contribution in [3.8, 4) is 0 Å². The first-order chi connectivity index (χ1) is 8.06. The molecule has 1 aliphatic heterocycles. The highest BCUT2D eigenvalue weighted by molar-refractivity contribution is 5.77. The normalized spacial score (nSPS) is 31.6. The van der Waals surface area contributed by atoms with Crippen molar-refractivity contribution in [1.82, 2.24) is 4.90 Å². The van der Waals surface area contributed by atoms with Crippen LogP contribution in [0.3, 0.4) is 0 Å². The number of rotatable bonds is 2. The zero-order valence-corrected chi connectivity index (χ0v) is 10.4. The zero-order valence-electron chi connectivity index (χ0n) is 10.4. The van der Waals surface area contributed by atoms with Crippen LogP contribution < -0.4 is 0 Å². The molecular formula is C12H20N2O3. The van der Waals surface area contributed by atoms with E-state index in [1.807, 2.05) is 0 Å². The molecule has 2 aliphatic rings. The standard InChI is InChI=1S/C12H20N2O3/c1-13-9-12(14(16)17,8-7-11(13)15)10-5-3-2-4-6-10/h10H,2-9H2,1H3. The van der Waals surface area contributed by atoms with Gasteiger partial charge in [-0.1, -0.05) is 19.3 Å². The van der Waals surface area contributed by atoms with Crippen LogP contribution in [0.5, 0.6) is 0 Å². The molecule has 0 aromatic carbocycles. The summed E-state index contributed by atoms with van der Waals surface area (Å²) in [7, 11) is 1.68. The maximum atomic E-state index is 11.5. The first-order valence-corrected chi connectivity index (χ1v) is 6.45. The number of hydrogen-bond donors (Lipinski definition) is 0. The van der Waals surface area contributed by atoms with E-state index in [0.29, 0.717) is 19.4 Å². The van der Waals surface area contributed by atoms with Gasteiger partial charge in [0.2, 0.25) is 11.4 Å². The number of likely N-dealkylation sites (N-methyl/N-ethyl adjacent to an activating group) is 1. The first-order valence-electron chi connectivity index (χ1n) is 6.45. The van der Waals surface area contributed by atoms with Gasteiger partial charge in [-0.3, -0.25) is 14.9 Å². The van der Waals surface area contributed by atoms with E-state index in [4.69, 9.17) is 0 Å². The molecule has 2 fully saturated rings. The number of likely N-dealkylation sites (tertiary alicyclic amines) is 1.